The second-order valence-electron chi connectivity index (χ2n) is 5.77. The molecule has 3 rings (SSSR count). The van der Waals surface area contributed by atoms with Crippen LogP contribution in [-0.4, -0.2) is 35.0 Å². The predicted molar refractivity (Wildman–Crippen MR) is 88.3 cm³/mol. The first-order valence-corrected chi connectivity index (χ1v) is 7.89. The van der Waals surface area contributed by atoms with E-state index < -0.39 is 12.1 Å². The smallest absolute Gasteiger partial charge is 0.323 e. The van der Waals surface area contributed by atoms with E-state index in [1.165, 1.54) is 4.90 Å². The number of benzene rings is 2. The Hall–Kier alpha value is -2.66. The number of hydrogen-bond acceptors (Lipinski definition) is 3. The van der Waals surface area contributed by atoms with Gasteiger partial charge in [-0.05, 0) is 23.1 Å². The van der Waals surface area contributed by atoms with E-state index in [2.05, 4.69) is 0 Å². The normalized spacial score (nSPS) is 16.2. The minimum absolute atomic E-state index is 0.244. The summed E-state index contributed by atoms with van der Waals surface area (Å²) < 4.78 is 5.68. The van der Waals surface area contributed by atoms with Crippen molar-refractivity contribution in [3.63, 3.8) is 0 Å². The lowest BCUT2D eigenvalue weighted by Crippen LogP contribution is -2.40. The number of fused-ring (bicyclic) bond motifs is 1. The molecule has 124 valence electrons. The zero-order chi connectivity index (χ0) is 16.9. The second-order valence-corrected chi connectivity index (χ2v) is 5.77. The molecule has 2 aromatic carbocycles. The molecule has 1 unspecified atom stereocenters. The molecule has 1 aliphatic heterocycles. The van der Waals surface area contributed by atoms with Crippen molar-refractivity contribution in [1.82, 2.24) is 4.90 Å². The quantitative estimate of drug-likeness (QED) is 0.917. The van der Waals surface area contributed by atoms with E-state index in [4.69, 9.17) is 9.84 Å². The van der Waals surface area contributed by atoms with Gasteiger partial charge in [-0.3, -0.25) is 9.59 Å². The highest BCUT2D eigenvalue weighted by atomic mass is 16.5. The summed E-state index contributed by atoms with van der Waals surface area (Å²) in [5.74, 6) is -1.35. The molecule has 0 bridgehead atoms. The van der Waals surface area contributed by atoms with Crippen LogP contribution < -0.4 is 0 Å². The number of carbonyl (C=O) groups excluding carboxylic acids is 1. The summed E-state index contributed by atoms with van der Waals surface area (Å²) >= 11 is 0. The first-order chi connectivity index (χ1) is 11.6. The number of amides is 1. The fourth-order valence-electron chi connectivity index (χ4n) is 2.94. The number of carboxylic acids is 1. The van der Waals surface area contributed by atoms with E-state index in [-0.39, 0.29) is 19.0 Å². The van der Waals surface area contributed by atoms with E-state index in [1.54, 1.807) is 0 Å². The molecule has 24 heavy (non-hydrogen) atoms. The molecular formula is C19H19NO4. The van der Waals surface area contributed by atoms with Crippen molar-refractivity contribution >= 4 is 11.9 Å². The van der Waals surface area contributed by atoms with Crippen LogP contribution in [0, 0.1) is 0 Å². The summed E-state index contributed by atoms with van der Waals surface area (Å²) in [6.45, 7) is 0.351. The van der Waals surface area contributed by atoms with Crippen LogP contribution in [-0.2, 0) is 27.3 Å². The zero-order valence-corrected chi connectivity index (χ0v) is 13.2. The lowest BCUT2D eigenvalue weighted by Gasteiger charge is -2.30. The summed E-state index contributed by atoms with van der Waals surface area (Å²) in [7, 11) is 0. The average Bonchev–Trinajstić information content (AvgIpc) is 2.60. The molecule has 1 N–H and O–H groups in total. The predicted octanol–water partition coefficient (Wildman–Crippen LogP) is 2.41. The van der Waals surface area contributed by atoms with Crippen molar-refractivity contribution < 1.29 is 19.4 Å². The standard InChI is InChI=1S/C19H19NO4/c21-17(22)13-20(12-14-6-2-1-3-7-14)19(23)18-16-9-5-4-8-15(16)10-11-24-18/h1-9,18H,10-13H2,(H,21,22). The Morgan fingerprint density at radius 3 is 2.54 bits per heavy atom. The molecule has 5 nitrogen and oxygen atoms in total. The average molecular weight is 325 g/mol. The number of ether oxygens (including phenoxy) is 1. The van der Waals surface area contributed by atoms with Gasteiger partial charge in [-0.1, -0.05) is 54.6 Å². The molecule has 1 heterocycles. The van der Waals surface area contributed by atoms with Crippen molar-refractivity contribution in [2.75, 3.05) is 13.2 Å². The van der Waals surface area contributed by atoms with Crippen LogP contribution in [0.1, 0.15) is 22.8 Å². The fraction of sp³-hybridized carbons (Fsp3) is 0.263. The summed E-state index contributed by atoms with van der Waals surface area (Å²) in [6.07, 6.45) is 0.0235. The molecule has 2 aromatic rings. The molecule has 0 aliphatic carbocycles. The van der Waals surface area contributed by atoms with Crippen molar-refractivity contribution in [3.05, 3.63) is 71.3 Å². The van der Waals surface area contributed by atoms with E-state index in [0.717, 1.165) is 23.1 Å². The number of nitrogens with zero attached hydrogens (tertiary/aromatic N) is 1. The molecule has 0 saturated carbocycles. The lowest BCUT2D eigenvalue weighted by molar-refractivity contribution is -0.152. The van der Waals surface area contributed by atoms with E-state index in [9.17, 15) is 9.59 Å². The second kappa shape index (κ2) is 7.27. The third kappa shape index (κ3) is 3.63. The minimum atomic E-state index is -1.04. The largest absolute Gasteiger partial charge is 0.480 e. The molecule has 5 heteroatoms. The highest BCUT2D eigenvalue weighted by Gasteiger charge is 2.31. The number of carboxylic acid groups (broad SMARTS) is 1. The molecular weight excluding hydrogens is 306 g/mol. The van der Waals surface area contributed by atoms with E-state index >= 15 is 0 Å². The number of carbonyl (C=O) groups is 2. The Kier molecular flexibility index (Phi) is 4.91. The topological polar surface area (TPSA) is 66.8 Å². The number of hydrogen-bond donors (Lipinski definition) is 1. The highest BCUT2D eigenvalue weighted by Crippen LogP contribution is 2.29. The lowest BCUT2D eigenvalue weighted by atomic mass is 9.96. The van der Waals surface area contributed by atoms with Crippen molar-refractivity contribution in [3.8, 4) is 0 Å². The van der Waals surface area contributed by atoms with Gasteiger partial charge in [0.25, 0.3) is 5.91 Å². The Morgan fingerprint density at radius 2 is 1.79 bits per heavy atom. The van der Waals surface area contributed by atoms with Gasteiger partial charge in [0.2, 0.25) is 0 Å². The highest BCUT2D eigenvalue weighted by molar-refractivity contribution is 5.86. The van der Waals surface area contributed by atoms with Gasteiger partial charge >= 0.3 is 5.97 Å². The van der Waals surface area contributed by atoms with Gasteiger partial charge < -0.3 is 14.7 Å². The summed E-state index contributed by atoms with van der Waals surface area (Å²) in [4.78, 5) is 25.5. The van der Waals surface area contributed by atoms with Crippen LogP contribution in [0.3, 0.4) is 0 Å². The van der Waals surface area contributed by atoms with Gasteiger partial charge in [0.15, 0.2) is 6.10 Å². The van der Waals surface area contributed by atoms with Gasteiger partial charge in [-0.2, -0.15) is 0 Å². The number of rotatable bonds is 5. The first kappa shape index (κ1) is 16.2. The summed E-state index contributed by atoms with van der Waals surface area (Å²) in [5, 5.41) is 9.17. The van der Waals surface area contributed by atoms with Crippen LogP contribution in [0.2, 0.25) is 0 Å². The van der Waals surface area contributed by atoms with Crippen molar-refractivity contribution in [1.29, 1.82) is 0 Å². The maximum atomic E-state index is 12.9. The van der Waals surface area contributed by atoms with E-state index in [0.29, 0.717) is 6.61 Å². The Bertz CT molecular complexity index is 729. The molecule has 0 aromatic heterocycles. The van der Waals surface area contributed by atoms with Gasteiger partial charge in [0, 0.05) is 6.54 Å². The van der Waals surface area contributed by atoms with Crippen molar-refractivity contribution in [2.45, 2.75) is 19.1 Å². The van der Waals surface area contributed by atoms with Gasteiger partial charge in [-0.15, -0.1) is 0 Å². The van der Waals surface area contributed by atoms with Gasteiger partial charge in [0.1, 0.15) is 6.54 Å². The van der Waals surface area contributed by atoms with Crippen LogP contribution >= 0.6 is 0 Å². The van der Waals surface area contributed by atoms with Gasteiger partial charge in [-0.25, -0.2) is 0 Å². The molecule has 0 radical (unpaired) electrons. The third-order valence-corrected chi connectivity index (χ3v) is 4.07. The van der Waals surface area contributed by atoms with E-state index in [1.807, 2.05) is 54.6 Å². The number of aliphatic carboxylic acids is 1. The molecule has 0 fully saturated rings. The molecule has 1 amide bonds. The first-order valence-electron chi connectivity index (χ1n) is 7.89. The zero-order valence-electron chi connectivity index (χ0n) is 13.2. The molecule has 1 atom stereocenters. The maximum absolute atomic E-state index is 12.9. The van der Waals surface area contributed by atoms with Crippen LogP contribution in [0.4, 0.5) is 0 Å². The van der Waals surface area contributed by atoms with Gasteiger partial charge in [0.05, 0.1) is 6.61 Å². The Balaban J connectivity index is 1.85. The summed E-state index contributed by atoms with van der Waals surface area (Å²) in [6, 6.07) is 17.0. The Morgan fingerprint density at radius 1 is 1.08 bits per heavy atom. The van der Waals surface area contributed by atoms with Crippen LogP contribution in [0.15, 0.2) is 54.6 Å². The molecule has 1 aliphatic rings. The third-order valence-electron chi connectivity index (χ3n) is 4.07. The minimum Gasteiger partial charge on any atom is -0.480 e. The molecule has 0 saturated heterocycles. The molecule has 0 spiro atoms. The maximum Gasteiger partial charge on any atom is 0.323 e. The van der Waals surface area contributed by atoms with Crippen LogP contribution in [0.25, 0.3) is 0 Å². The summed E-state index contributed by atoms with van der Waals surface area (Å²) in [5.41, 5.74) is 2.80. The van der Waals surface area contributed by atoms with Crippen molar-refractivity contribution in [2.24, 2.45) is 0 Å². The van der Waals surface area contributed by atoms with Crippen LogP contribution in [0.5, 0.6) is 0 Å². The fourth-order valence-corrected chi connectivity index (χ4v) is 2.94. The Labute approximate surface area is 140 Å². The monoisotopic (exact) mass is 325 g/mol. The SMILES string of the molecule is O=C(O)CN(Cc1ccccc1)C(=O)C1OCCc2ccccc21.